The van der Waals surface area contributed by atoms with E-state index in [-0.39, 0.29) is 0 Å². The second kappa shape index (κ2) is 16.7. The van der Waals surface area contributed by atoms with Gasteiger partial charge in [0.15, 0.2) is 0 Å². The van der Waals surface area contributed by atoms with E-state index in [1.54, 1.807) is 0 Å². The van der Waals surface area contributed by atoms with Crippen molar-refractivity contribution in [2.75, 3.05) is 0 Å². The van der Waals surface area contributed by atoms with Gasteiger partial charge in [-0.1, -0.05) is 96.6 Å². The van der Waals surface area contributed by atoms with Gasteiger partial charge in [-0.15, -0.1) is 0 Å². The van der Waals surface area contributed by atoms with Crippen LogP contribution in [0, 0.1) is 0 Å². The van der Waals surface area contributed by atoms with Crippen LogP contribution in [0.2, 0.25) is 0 Å². The topological polar surface area (TPSA) is 0 Å². The maximum atomic E-state index is 2.39. The van der Waals surface area contributed by atoms with Gasteiger partial charge in [0.05, 0.1) is 0 Å². The zero-order chi connectivity index (χ0) is 13.3. The molecule has 18 heavy (non-hydrogen) atoms. The second-order valence-electron chi connectivity index (χ2n) is 5.58. The van der Waals surface area contributed by atoms with Gasteiger partial charge in [0.25, 0.3) is 0 Å². The highest BCUT2D eigenvalue weighted by molar-refractivity contribution is 4.81. The fraction of sp³-hybridized carbons (Fsp3) is 0.889. The molecule has 0 aromatic rings. The van der Waals surface area contributed by atoms with E-state index in [4.69, 9.17) is 0 Å². The molecule has 0 N–H and O–H groups in total. The zero-order valence-electron chi connectivity index (χ0n) is 13.1. The Bertz CT molecular complexity index is 157. The van der Waals surface area contributed by atoms with Crippen LogP contribution in [0.5, 0.6) is 0 Å². The number of hydrogen-bond acceptors (Lipinski definition) is 0. The molecular weight excluding hydrogens is 216 g/mol. The van der Waals surface area contributed by atoms with Crippen LogP contribution in [0.15, 0.2) is 12.2 Å². The molecule has 0 atom stereocenters. The van der Waals surface area contributed by atoms with Crippen LogP contribution in [0.4, 0.5) is 0 Å². The summed E-state index contributed by atoms with van der Waals surface area (Å²) >= 11 is 0. The molecule has 0 amide bonds. The normalized spacial score (nSPS) is 11.4. The minimum Gasteiger partial charge on any atom is -0.0885 e. The molecule has 0 aromatic carbocycles. The smallest absolute Gasteiger partial charge is 0.0351 e. The standard InChI is InChI=1S/C18H36/c1-3-5-7-9-11-13-15-17-18-16-14-12-10-8-6-4-2/h9,11H,3-8,10,12-18H2,1-2H3/b11-9+. The summed E-state index contributed by atoms with van der Waals surface area (Å²) in [4.78, 5) is 0. The van der Waals surface area contributed by atoms with Crippen molar-refractivity contribution in [3.63, 3.8) is 0 Å². The average Bonchev–Trinajstić information content (AvgIpc) is 2.39. The Kier molecular flexibility index (Phi) is 16.5. The van der Waals surface area contributed by atoms with E-state index in [0.717, 1.165) is 0 Å². The maximum Gasteiger partial charge on any atom is -0.0351 e. The van der Waals surface area contributed by atoms with E-state index in [0.29, 0.717) is 0 Å². The Morgan fingerprint density at radius 1 is 0.444 bits per heavy atom. The monoisotopic (exact) mass is 252 g/mol. The summed E-state index contributed by atoms with van der Waals surface area (Å²) in [7, 11) is 0. The summed E-state index contributed by atoms with van der Waals surface area (Å²) in [6.45, 7) is 4.55. The van der Waals surface area contributed by atoms with E-state index in [1.807, 2.05) is 0 Å². The minimum atomic E-state index is 1.29. The summed E-state index contributed by atoms with van der Waals surface area (Å²) in [5, 5.41) is 0. The van der Waals surface area contributed by atoms with Crippen molar-refractivity contribution in [3.05, 3.63) is 12.2 Å². The van der Waals surface area contributed by atoms with E-state index < -0.39 is 0 Å². The SMILES string of the molecule is CCCC/C=C/CCCCCCCCCCCC. The third kappa shape index (κ3) is 15.7. The first-order chi connectivity index (χ1) is 8.91. The van der Waals surface area contributed by atoms with Crippen molar-refractivity contribution < 1.29 is 0 Å². The summed E-state index contributed by atoms with van der Waals surface area (Å²) in [5.41, 5.74) is 0. The Morgan fingerprint density at radius 2 is 0.833 bits per heavy atom. The van der Waals surface area contributed by atoms with Crippen LogP contribution in [-0.2, 0) is 0 Å². The molecule has 0 heterocycles. The van der Waals surface area contributed by atoms with E-state index in [2.05, 4.69) is 26.0 Å². The highest BCUT2D eigenvalue weighted by Crippen LogP contribution is 2.11. The van der Waals surface area contributed by atoms with Crippen LogP contribution in [-0.4, -0.2) is 0 Å². The third-order valence-electron chi connectivity index (χ3n) is 3.62. The predicted octanol–water partition coefficient (Wildman–Crippen LogP) is 7.04. The van der Waals surface area contributed by atoms with Crippen molar-refractivity contribution in [3.8, 4) is 0 Å². The molecule has 0 radical (unpaired) electrons. The fourth-order valence-electron chi connectivity index (χ4n) is 2.31. The summed E-state index contributed by atoms with van der Waals surface area (Å²) in [6, 6.07) is 0. The second-order valence-corrected chi connectivity index (χ2v) is 5.58. The zero-order valence-corrected chi connectivity index (χ0v) is 13.1. The minimum absolute atomic E-state index is 1.29. The summed E-state index contributed by atoms with van der Waals surface area (Å²) in [6.07, 6.45) is 24.5. The van der Waals surface area contributed by atoms with Gasteiger partial charge < -0.3 is 0 Å². The number of hydrogen-bond donors (Lipinski definition) is 0. The lowest BCUT2D eigenvalue weighted by molar-refractivity contribution is 0.557. The molecule has 0 aromatic heterocycles. The molecule has 108 valence electrons. The van der Waals surface area contributed by atoms with Gasteiger partial charge in [0, 0.05) is 0 Å². The van der Waals surface area contributed by atoms with E-state index in [1.165, 1.54) is 89.9 Å². The van der Waals surface area contributed by atoms with Crippen LogP contribution in [0.25, 0.3) is 0 Å². The Labute approximate surface area is 116 Å². The molecular formula is C18H36. The first kappa shape index (κ1) is 17.7. The van der Waals surface area contributed by atoms with E-state index in [9.17, 15) is 0 Å². The van der Waals surface area contributed by atoms with Gasteiger partial charge in [-0.25, -0.2) is 0 Å². The van der Waals surface area contributed by atoms with Crippen LogP contribution >= 0.6 is 0 Å². The molecule has 0 aliphatic rings. The molecule has 0 unspecified atom stereocenters. The lowest BCUT2D eigenvalue weighted by atomic mass is 10.1. The highest BCUT2D eigenvalue weighted by atomic mass is 14.0. The van der Waals surface area contributed by atoms with Crippen LogP contribution in [0.3, 0.4) is 0 Å². The lowest BCUT2D eigenvalue weighted by Gasteiger charge is -2.01. The van der Waals surface area contributed by atoms with Gasteiger partial charge in [-0.2, -0.15) is 0 Å². The number of allylic oxidation sites excluding steroid dienone is 2. The van der Waals surface area contributed by atoms with Crippen molar-refractivity contribution in [1.82, 2.24) is 0 Å². The van der Waals surface area contributed by atoms with Crippen LogP contribution in [0.1, 0.15) is 104 Å². The Morgan fingerprint density at radius 3 is 1.33 bits per heavy atom. The van der Waals surface area contributed by atoms with Crippen LogP contribution < -0.4 is 0 Å². The third-order valence-corrected chi connectivity index (χ3v) is 3.62. The highest BCUT2D eigenvalue weighted by Gasteiger charge is 1.91. The number of rotatable bonds is 14. The Hall–Kier alpha value is -0.260. The van der Waals surface area contributed by atoms with Gasteiger partial charge >= 0.3 is 0 Å². The van der Waals surface area contributed by atoms with Crippen molar-refractivity contribution in [1.29, 1.82) is 0 Å². The van der Waals surface area contributed by atoms with Gasteiger partial charge in [-0.05, 0) is 19.3 Å². The average molecular weight is 252 g/mol. The van der Waals surface area contributed by atoms with E-state index >= 15 is 0 Å². The Balaban J connectivity index is 2.96. The molecule has 0 saturated carbocycles. The molecule has 0 aliphatic carbocycles. The van der Waals surface area contributed by atoms with Crippen molar-refractivity contribution in [2.45, 2.75) is 104 Å². The molecule has 0 nitrogen and oxygen atoms in total. The fourth-order valence-corrected chi connectivity index (χ4v) is 2.31. The predicted molar refractivity (Wildman–Crippen MR) is 85.1 cm³/mol. The van der Waals surface area contributed by atoms with Crippen molar-refractivity contribution >= 4 is 0 Å². The maximum absolute atomic E-state index is 2.39. The summed E-state index contributed by atoms with van der Waals surface area (Å²) in [5.74, 6) is 0. The van der Waals surface area contributed by atoms with Crippen molar-refractivity contribution in [2.24, 2.45) is 0 Å². The molecule has 0 spiro atoms. The summed E-state index contributed by atoms with van der Waals surface area (Å²) < 4.78 is 0. The first-order valence-electron chi connectivity index (χ1n) is 8.56. The molecule has 0 bridgehead atoms. The number of unbranched alkanes of at least 4 members (excludes halogenated alkanes) is 12. The van der Waals surface area contributed by atoms with Gasteiger partial charge in [0.2, 0.25) is 0 Å². The largest absolute Gasteiger partial charge is 0.0885 e. The molecule has 0 aliphatic heterocycles. The molecule has 0 fully saturated rings. The lowest BCUT2D eigenvalue weighted by Crippen LogP contribution is -1.81. The molecule has 0 rings (SSSR count). The van der Waals surface area contributed by atoms with Gasteiger partial charge in [0.1, 0.15) is 0 Å². The molecule has 0 heteroatoms. The first-order valence-corrected chi connectivity index (χ1v) is 8.56. The van der Waals surface area contributed by atoms with Gasteiger partial charge in [-0.3, -0.25) is 0 Å². The quantitative estimate of drug-likeness (QED) is 0.230. The molecule has 0 saturated heterocycles.